The number of hydrogen-bond donors (Lipinski definition) is 0. The van der Waals surface area contributed by atoms with Gasteiger partial charge in [0.05, 0.1) is 19.4 Å². The molecule has 0 bridgehead atoms. The number of amides is 1. The Kier molecular flexibility index (Phi) is 4.63. The van der Waals surface area contributed by atoms with Gasteiger partial charge < -0.3 is 19.1 Å². The van der Waals surface area contributed by atoms with Crippen LogP contribution >= 0.6 is 0 Å². The van der Waals surface area contributed by atoms with Gasteiger partial charge in [-0.15, -0.1) is 0 Å². The molecule has 138 valence electrons. The van der Waals surface area contributed by atoms with Crippen LogP contribution in [0.3, 0.4) is 0 Å². The molecule has 2 aromatic rings. The molecule has 2 aromatic heterocycles. The summed E-state index contributed by atoms with van der Waals surface area (Å²) in [5.41, 5.74) is 0.676. The van der Waals surface area contributed by atoms with Crippen molar-refractivity contribution in [1.29, 1.82) is 0 Å². The molecule has 0 radical (unpaired) electrons. The summed E-state index contributed by atoms with van der Waals surface area (Å²) in [4.78, 5) is 25.9. The van der Waals surface area contributed by atoms with E-state index < -0.39 is 0 Å². The van der Waals surface area contributed by atoms with Crippen molar-refractivity contribution in [2.75, 3.05) is 44.3 Å². The van der Waals surface area contributed by atoms with Crippen molar-refractivity contribution in [3.63, 3.8) is 0 Å². The lowest BCUT2D eigenvalue weighted by Crippen LogP contribution is -2.52. The Labute approximate surface area is 153 Å². The molecule has 4 heterocycles. The van der Waals surface area contributed by atoms with E-state index in [4.69, 9.17) is 4.74 Å². The number of likely N-dealkylation sites (tertiary alicyclic amines) is 1. The zero-order valence-electron chi connectivity index (χ0n) is 15.2. The van der Waals surface area contributed by atoms with Gasteiger partial charge in [-0.2, -0.15) is 0 Å². The van der Waals surface area contributed by atoms with E-state index in [1.54, 1.807) is 18.6 Å². The van der Waals surface area contributed by atoms with Gasteiger partial charge in [0.15, 0.2) is 0 Å². The van der Waals surface area contributed by atoms with E-state index in [1.165, 1.54) is 0 Å². The van der Waals surface area contributed by atoms with Crippen molar-refractivity contribution in [2.45, 2.75) is 12.8 Å². The second kappa shape index (κ2) is 7.07. The number of aryl methyl sites for hydroxylation is 1. The van der Waals surface area contributed by atoms with E-state index in [0.29, 0.717) is 19.8 Å². The first kappa shape index (κ1) is 17.0. The Morgan fingerprint density at radius 2 is 2.19 bits per heavy atom. The molecule has 7 nitrogen and oxygen atoms in total. The molecule has 1 amide bonds. The quantitative estimate of drug-likeness (QED) is 0.818. The van der Waals surface area contributed by atoms with Crippen LogP contribution in [-0.4, -0.2) is 64.7 Å². The van der Waals surface area contributed by atoms with Crippen LogP contribution in [0, 0.1) is 5.41 Å². The van der Waals surface area contributed by atoms with Gasteiger partial charge in [0.2, 0.25) is 0 Å². The van der Waals surface area contributed by atoms with Gasteiger partial charge in [0, 0.05) is 57.2 Å². The molecule has 0 saturated carbocycles. The molecule has 1 spiro atoms. The van der Waals surface area contributed by atoms with Crippen LogP contribution in [0.15, 0.2) is 36.9 Å². The molecule has 1 atom stereocenters. The van der Waals surface area contributed by atoms with Gasteiger partial charge in [-0.05, 0) is 25.0 Å². The molecule has 26 heavy (non-hydrogen) atoms. The third-order valence-corrected chi connectivity index (χ3v) is 5.43. The first-order valence-corrected chi connectivity index (χ1v) is 9.16. The monoisotopic (exact) mass is 355 g/mol. The summed E-state index contributed by atoms with van der Waals surface area (Å²) < 4.78 is 7.84. The Hall–Kier alpha value is -2.41. The van der Waals surface area contributed by atoms with Crippen LogP contribution in [0.5, 0.6) is 0 Å². The van der Waals surface area contributed by atoms with Gasteiger partial charge >= 0.3 is 0 Å². The summed E-state index contributed by atoms with van der Waals surface area (Å²) in [7, 11) is 1.91. The first-order chi connectivity index (χ1) is 12.7. The SMILES string of the molecule is Cn1cccc1C(=O)N1CCC[C@]2(COCCN(c3cnccn3)C2)C1. The van der Waals surface area contributed by atoms with Gasteiger partial charge in [0.1, 0.15) is 11.5 Å². The number of nitrogens with zero attached hydrogens (tertiary/aromatic N) is 5. The van der Waals surface area contributed by atoms with Crippen LogP contribution in [0.4, 0.5) is 5.82 Å². The molecule has 2 aliphatic rings. The smallest absolute Gasteiger partial charge is 0.270 e. The predicted molar refractivity (Wildman–Crippen MR) is 98.0 cm³/mol. The van der Waals surface area contributed by atoms with Crippen LogP contribution in [0.1, 0.15) is 23.3 Å². The minimum Gasteiger partial charge on any atom is -0.379 e. The number of aromatic nitrogens is 3. The molecular formula is C19H25N5O2. The van der Waals surface area contributed by atoms with E-state index in [-0.39, 0.29) is 11.3 Å². The largest absolute Gasteiger partial charge is 0.379 e. The van der Waals surface area contributed by atoms with Gasteiger partial charge in [0.25, 0.3) is 5.91 Å². The fraction of sp³-hybridized carbons (Fsp3) is 0.526. The fourth-order valence-electron chi connectivity index (χ4n) is 4.12. The molecular weight excluding hydrogens is 330 g/mol. The second-order valence-electron chi connectivity index (χ2n) is 7.37. The van der Waals surface area contributed by atoms with E-state index in [2.05, 4.69) is 14.9 Å². The van der Waals surface area contributed by atoms with Crippen LogP contribution in [-0.2, 0) is 11.8 Å². The van der Waals surface area contributed by atoms with Crippen molar-refractivity contribution >= 4 is 11.7 Å². The van der Waals surface area contributed by atoms with Gasteiger partial charge in [-0.25, -0.2) is 4.98 Å². The average molecular weight is 355 g/mol. The van der Waals surface area contributed by atoms with Crippen molar-refractivity contribution in [3.8, 4) is 0 Å². The third-order valence-electron chi connectivity index (χ3n) is 5.43. The Balaban J connectivity index is 1.54. The number of rotatable bonds is 2. The Morgan fingerprint density at radius 3 is 2.96 bits per heavy atom. The molecule has 7 heteroatoms. The third kappa shape index (κ3) is 3.31. The molecule has 2 aliphatic heterocycles. The lowest BCUT2D eigenvalue weighted by atomic mass is 9.80. The zero-order valence-corrected chi connectivity index (χ0v) is 15.2. The highest BCUT2D eigenvalue weighted by atomic mass is 16.5. The van der Waals surface area contributed by atoms with Crippen LogP contribution in [0.25, 0.3) is 0 Å². The summed E-state index contributed by atoms with van der Waals surface area (Å²) in [5, 5.41) is 0. The van der Waals surface area contributed by atoms with Crippen molar-refractivity contribution in [3.05, 3.63) is 42.6 Å². The summed E-state index contributed by atoms with van der Waals surface area (Å²) in [6.45, 7) is 4.50. The number of hydrogen-bond acceptors (Lipinski definition) is 5. The number of anilines is 1. The lowest BCUT2D eigenvalue weighted by Gasteiger charge is -2.43. The number of carbonyl (C=O) groups excluding carboxylic acids is 1. The normalized spacial score (nSPS) is 23.9. The fourth-order valence-corrected chi connectivity index (χ4v) is 4.12. The van der Waals surface area contributed by atoms with Crippen molar-refractivity contribution < 1.29 is 9.53 Å². The standard InChI is InChI=1S/C19H25N5O2/c1-22-8-2-4-16(22)18(25)24-9-3-5-19(14-24)13-23(10-11-26-15-19)17-12-20-6-7-21-17/h2,4,6-8,12H,3,5,9-11,13-15H2,1H3/t19-/m1/s1. The average Bonchev–Trinajstić information content (AvgIpc) is 3.00. The molecule has 4 rings (SSSR count). The number of piperidine rings is 1. The molecule has 0 aromatic carbocycles. The van der Waals surface area contributed by atoms with Crippen LogP contribution < -0.4 is 4.90 Å². The topological polar surface area (TPSA) is 63.5 Å². The van der Waals surface area contributed by atoms with E-state index in [9.17, 15) is 4.79 Å². The summed E-state index contributed by atoms with van der Waals surface area (Å²) in [6, 6.07) is 3.80. The van der Waals surface area contributed by atoms with Gasteiger partial charge in [-0.3, -0.25) is 9.78 Å². The molecule has 0 unspecified atom stereocenters. The first-order valence-electron chi connectivity index (χ1n) is 9.16. The lowest BCUT2D eigenvalue weighted by molar-refractivity contribution is 0.0131. The Morgan fingerprint density at radius 1 is 1.27 bits per heavy atom. The predicted octanol–water partition coefficient (Wildman–Crippen LogP) is 1.57. The summed E-state index contributed by atoms with van der Waals surface area (Å²) >= 11 is 0. The van der Waals surface area contributed by atoms with Crippen LogP contribution in [0.2, 0.25) is 0 Å². The van der Waals surface area contributed by atoms with E-state index in [1.807, 2.05) is 34.8 Å². The molecule has 2 saturated heterocycles. The molecule has 0 N–H and O–H groups in total. The van der Waals surface area contributed by atoms with Gasteiger partial charge in [-0.1, -0.05) is 0 Å². The second-order valence-corrected chi connectivity index (χ2v) is 7.37. The maximum absolute atomic E-state index is 13.0. The van der Waals surface area contributed by atoms with E-state index >= 15 is 0 Å². The maximum Gasteiger partial charge on any atom is 0.270 e. The maximum atomic E-state index is 13.0. The number of carbonyl (C=O) groups is 1. The number of ether oxygens (including phenoxy) is 1. The zero-order chi connectivity index (χ0) is 18.0. The highest BCUT2D eigenvalue weighted by Gasteiger charge is 2.41. The highest BCUT2D eigenvalue weighted by Crippen LogP contribution is 2.34. The minimum absolute atomic E-state index is 0.0624. The molecule has 2 fully saturated rings. The molecule has 0 aliphatic carbocycles. The van der Waals surface area contributed by atoms with Crippen molar-refractivity contribution in [1.82, 2.24) is 19.4 Å². The minimum atomic E-state index is -0.0624. The van der Waals surface area contributed by atoms with E-state index in [0.717, 1.165) is 44.0 Å². The summed E-state index contributed by atoms with van der Waals surface area (Å²) in [5.74, 6) is 0.982. The summed E-state index contributed by atoms with van der Waals surface area (Å²) in [6.07, 6.45) is 9.18. The van der Waals surface area contributed by atoms with Crippen molar-refractivity contribution in [2.24, 2.45) is 12.5 Å². The highest BCUT2D eigenvalue weighted by molar-refractivity contribution is 5.92. The Bertz CT molecular complexity index is 762.